The number of amides is 1. The van der Waals surface area contributed by atoms with Crippen LogP contribution in [0.4, 0.5) is 18.9 Å². The van der Waals surface area contributed by atoms with Gasteiger partial charge < -0.3 is 19.2 Å². The van der Waals surface area contributed by atoms with Crippen molar-refractivity contribution in [3.8, 4) is 23.0 Å². The van der Waals surface area contributed by atoms with Crippen LogP contribution < -0.4 is 14.8 Å². The number of nitrogens with one attached hydrogen (secondary N) is 1. The number of anilines is 1. The quantitative estimate of drug-likeness (QED) is 0.428. The third kappa shape index (κ3) is 5.23. The van der Waals surface area contributed by atoms with Crippen molar-refractivity contribution in [1.29, 1.82) is 0 Å². The molecule has 7 nitrogen and oxygen atoms in total. The van der Waals surface area contributed by atoms with Crippen LogP contribution in [0.15, 0.2) is 52.2 Å². The summed E-state index contributed by atoms with van der Waals surface area (Å²) in [7, 11) is 2.94. The summed E-state index contributed by atoms with van der Waals surface area (Å²) in [4.78, 5) is 19.8. The Kier molecular flexibility index (Phi) is 6.50. The van der Waals surface area contributed by atoms with Gasteiger partial charge in [0.1, 0.15) is 11.4 Å². The second-order valence-electron chi connectivity index (χ2n) is 5.80. The van der Waals surface area contributed by atoms with E-state index in [1.807, 2.05) is 0 Å². The highest BCUT2D eigenvalue weighted by Crippen LogP contribution is 2.32. The predicted molar refractivity (Wildman–Crippen MR) is 104 cm³/mol. The fourth-order valence-electron chi connectivity index (χ4n) is 2.43. The van der Waals surface area contributed by atoms with E-state index in [1.54, 1.807) is 18.2 Å². The van der Waals surface area contributed by atoms with Gasteiger partial charge in [0.2, 0.25) is 5.91 Å². The monoisotopic (exact) mass is 439 g/mol. The Balaban J connectivity index is 1.73. The van der Waals surface area contributed by atoms with Crippen LogP contribution >= 0.6 is 11.8 Å². The zero-order chi connectivity index (χ0) is 21.7. The van der Waals surface area contributed by atoms with Crippen LogP contribution in [0.1, 0.15) is 5.69 Å². The molecule has 0 aliphatic heterocycles. The minimum absolute atomic E-state index is 0.0230. The molecule has 0 bridgehead atoms. The number of aromatic nitrogens is 2. The second-order valence-corrected chi connectivity index (χ2v) is 6.75. The third-order valence-electron chi connectivity index (χ3n) is 3.77. The Hall–Kier alpha value is -3.21. The van der Waals surface area contributed by atoms with Crippen molar-refractivity contribution >= 4 is 23.4 Å². The van der Waals surface area contributed by atoms with E-state index in [9.17, 15) is 18.0 Å². The molecule has 0 saturated heterocycles. The lowest BCUT2D eigenvalue weighted by atomic mass is 10.2. The summed E-state index contributed by atoms with van der Waals surface area (Å²) in [6, 6.07) is 8.62. The lowest BCUT2D eigenvalue weighted by Gasteiger charge is -2.11. The van der Waals surface area contributed by atoms with Gasteiger partial charge in [-0.05, 0) is 30.3 Å². The summed E-state index contributed by atoms with van der Waals surface area (Å²) in [6.45, 7) is 0. The second kappa shape index (κ2) is 9.08. The van der Waals surface area contributed by atoms with Gasteiger partial charge in [-0.25, -0.2) is 9.97 Å². The van der Waals surface area contributed by atoms with Gasteiger partial charge >= 0.3 is 6.18 Å². The zero-order valence-electron chi connectivity index (χ0n) is 15.8. The number of nitrogens with zero attached hydrogens (tertiary/aromatic N) is 2. The van der Waals surface area contributed by atoms with Crippen LogP contribution in [0.3, 0.4) is 0 Å². The number of hydrogen-bond donors (Lipinski definition) is 1. The summed E-state index contributed by atoms with van der Waals surface area (Å²) in [5, 5.41) is 2.44. The Morgan fingerprint density at radius 3 is 2.53 bits per heavy atom. The molecule has 1 amide bonds. The van der Waals surface area contributed by atoms with Crippen LogP contribution in [0, 0.1) is 0 Å². The Morgan fingerprint density at radius 2 is 1.90 bits per heavy atom. The van der Waals surface area contributed by atoms with E-state index < -0.39 is 17.8 Å². The first-order chi connectivity index (χ1) is 14.3. The molecule has 1 N–H and O–H groups in total. The van der Waals surface area contributed by atoms with Crippen molar-refractivity contribution in [3.05, 3.63) is 48.4 Å². The lowest BCUT2D eigenvalue weighted by molar-refractivity contribution is -0.141. The van der Waals surface area contributed by atoms with Crippen molar-refractivity contribution in [2.24, 2.45) is 0 Å². The molecular formula is C19H16F3N3O4S. The zero-order valence-corrected chi connectivity index (χ0v) is 16.6. The molecule has 158 valence electrons. The Morgan fingerprint density at radius 1 is 1.13 bits per heavy atom. The first-order valence-electron chi connectivity index (χ1n) is 8.45. The molecule has 0 radical (unpaired) electrons. The number of carbonyl (C=O) groups excluding carboxylic acids is 1. The van der Waals surface area contributed by atoms with Gasteiger partial charge in [-0.1, -0.05) is 11.8 Å². The highest BCUT2D eigenvalue weighted by atomic mass is 32.2. The lowest BCUT2D eigenvalue weighted by Crippen LogP contribution is -2.15. The molecule has 1 aromatic carbocycles. The topological polar surface area (TPSA) is 86.5 Å². The summed E-state index contributed by atoms with van der Waals surface area (Å²) < 4.78 is 54.9. The van der Waals surface area contributed by atoms with E-state index in [2.05, 4.69) is 15.3 Å². The van der Waals surface area contributed by atoms with E-state index in [0.717, 1.165) is 17.8 Å². The van der Waals surface area contributed by atoms with Crippen molar-refractivity contribution < 1.29 is 31.9 Å². The average molecular weight is 439 g/mol. The SMILES string of the molecule is COc1ccc(NC(=O)CSc2nc(-c3ccco3)cc(C(F)(F)F)n2)cc1OC. The molecule has 0 spiro atoms. The first-order valence-corrected chi connectivity index (χ1v) is 9.43. The van der Waals surface area contributed by atoms with Gasteiger partial charge in [-0.15, -0.1) is 0 Å². The molecule has 2 aromatic heterocycles. The van der Waals surface area contributed by atoms with Gasteiger partial charge in [0.25, 0.3) is 0 Å². The minimum atomic E-state index is -4.67. The van der Waals surface area contributed by atoms with E-state index in [-0.39, 0.29) is 22.4 Å². The van der Waals surface area contributed by atoms with Crippen molar-refractivity contribution in [1.82, 2.24) is 9.97 Å². The largest absolute Gasteiger partial charge is 0.493 e. The molecule has 0 aliphatic carbocycles. The maximum absolute atomic E-state index is 13.2. The molecule has 11 heteroatoms. The normalized spacial score (nSPS) is 11.2. The van der Waals surface area contributed by atoms with E-state index in [4.69, 9.17) is 13.9 Å². The van der Waals surface area contributed by atoms with Gasteiger partial charge in [-0.3, -0.25) is 4.79 Å². The Bertz CT molecular complexity index is 1030. The molecule has 0 atom stereocenters. The fraction of sp³-hybridized carbons (Fsp3) is 0.211. The summed E-state index contributed by atoms with van der Waals surface area (Å²) in [5.41, 5.74) is -0.698. The van der Waals surface area contributed by atoms with Gasteiger partial charge in [-0.2, -0.15) is 13.2 Å². The number of methoxy groups -OCH3 is 2. The summed E-state index contributed by atoms with van der Waals surface area (Å²) in [5.74, 6) is 0.431. The van der Waals surface area contributed by atoms with Crippen molar-refractivity contribution in [2.45, 2.75) is 11.3 Å². The van der Waals surface area contributed by atoms with Crippen LogP contribution in [-0.4, -0.2) is 35.8 Å². The van der Waals surface area contributed by atoms with E-state index in [0.29, 0.717) is 17.2 Å². The molecule has 0 fully saturated rings. The number of halogens is 3. The number of benzene rings is 1. The van der Waals surface area contributed by atoms with Crippen molar-refractivity contribution in [3.63, 3.8) is 0 Å². The molecular weight excluding hydrogens is 423 g/mol. The van der Waals surface area contributed by atoms with Gasteiger partial charge in [0, 0.05) is 11.8 Å². The minimum Gasteiger partial charge on any atom is -0.493 e. The predicted octanol–water partition coefficient (Wildman–Crippen LogP) is 4.50. The number of carbonyl (C=O) groups is 1. The molecule has 0 saturated carbocycles. The summed E-state index contributed by atoms with van der Waals surface area (Å²) in [6.07, 6.45) is -3.34. The van der Waals surface area contributed by atoms with Crippen LogP contribution in [0.25, 0.3) is 11.5 Å². The molecule has 30 heavy (non-hydrogen) atoms. The third-order valence-corrected chi connectivity index (χ3v) is 4.62. The molecule has 3 rings (SSSR count). The van der Waals surface area contributed by atoms with Crippen molar-refractivity contribution in [2.75, 3.05) is 25.3 Å². The molecule has 2 heterocycles. The highest BCUT2D eigenvalue weighted by Gasteiger charge is 2.34. The number of furan rings is 1. The van der Waals surface area contributed by atoms with Crippen LogP contribution in [-0.2, 0) is 11.0 Å². The van der Waals surface area contributed by atoms with E-state index in [1.165, 1.54) is 32.6 Å². The summed E-state index contributed by atoms with van der Waals surface area (Å²) >= 11 is 0.775. The number of thioether (sulfide) groups is 1. The number of hydrogen-bond acceptors (Lipinski definition) is 7. The average Bonchev–Trinajstić information content (AvgIpc) is 3.26. The number of rotatable bonds is 7. The van der Waals surface area contributed by atoms with Crippen LogP contribution in [0.5, 0.6) is 11.5 Å². The molecule has 0 unspecified atom stereocenters. The van der Waals surface area contributed by atoms with Gasteiger partial charge in [0.05, 0.1) is 26.2 Å². The number of ether oxygens (including phenoxy) is 2. The first kappa shape index (κ1) is 21.5. The molecule has 3 aromatic rings. The van der Waals surface area contributed by atoms with Gasteiger partial charge in [0.15, 0.2) is 22.4 Å². The standard InChI is InChI=1S/C19H16F3N3O4S/c1-27-14-6-5-11(8-15(14)28-2)23-17(26)10-30-18-24-12(13-4-3-7-29-13)9-16(25-18)19(20,21)22/h3-9H,10H2,1-2H3,(H,23,26). The maximum Gasteiger partial charge on any atom is 0.433 e. The maximum atomic E-state index is 13.2. The molecule has 0 aliphatic rings. The van der Waals surface area contributed by atoms with E-state index >= 15 is 0 Å². The Labute approximate surface area is 173 Å². The van der Waals surface area contributed by atoms with Crippen LogP contribution in [0.2, 0.25) is 0 Å². The number of alkyl halides is 3. The smallest absolute Gasteiger partial charge is 0.433 e. The highest BCUT2D eigenvalue weighted by molar-refractivity contribution is 7.99. The fourth-order valence-corrected chi connectivity index (χ4v) is 3.08.